The van der Waals surface area contributed by atoms with Gasteiger partial charge in [0.2, 0.25) is 0 Å². The summed E-state index contributed by atoms with van der Waals surface area (Å²) in [4.78, 5) is 14.6. The van der Waals surface area contributed by atoms with Crippen molar-refractivity contribution in [2.45, 2.75) is 6.92 Å². The van der Waals surface area contributed by atoms with Crippen LogP contribution in [0.5, 0.6) is 5.75 Å². The Labute approximate surface area is 176 Å². The van der Waals surface area contributed by atoms with Gasteiger partial charge < -0.3 is 10.1 Å². The van der Waals surface area contributed by atoms with Crippen molar-refractivity contribution in [3.8, 4) is 5.75 Å². The van der Waals surface area contributed by atoms with E-state index in [-0.39, 0.29) is 6.03 Å². The number of halogens is 1. The number of anilines is 2. The predicted octanol–water partition coefficient (Wildman–Crippen LogP) is 6.49. The van der Waals surface area contributed by atoms with Crippen LogP contribution in [-0.4, -0.2) is 19.2 Å². The van der Waals surface area contributed by atoms with Crippen LogP contribution in [0.3, 0.4) is 0 Å². The van der Waals surface area contributed by atoms with Crippen molar-refractivity contribution in [3.63, 3.8) is 0 Å². The van der Waals surface area contributed by atoms with E-state index in [0.717, 1.165) is 17.0 Å². The van der Waals surface area contributed by atoms with Crippen molar-refractivity contribution in [2.24, 2.45) is 0 Å². The van der Waals surface area contributed by atoms with Crippen LogP contribution in [0.25, 0.3) is 6.08 Å². The fraction of sp³-hybridized carbons (Fsp3) is 0.125. The molecule has 4 nitrogen and oxygen atoms in total. The highest BCUT2D eigenvalue weighted by Gasteiger charge is 2.15. The number of hydrogen-bond acceptors (Lipinski definition) is 2. The number of amides is 2. The zero-order chi connectivity index (χ0) is 20.5. The number of nitrogens with one attached hydrogen (secondary N) is 1. The molecule has 0 spiro atoms. The van der Waals surface area contributed by atoms with Crippen molar-refractivity contribution < 1.29 is 9.53 Å². The average Bonchev–Trinajstić information content (AvgIpc) is 2.74. The molecule has 2 amide bonds. The van der Waals surface area contributed by atoms with Gasteiger partial charge in [0.25, 0.3) is 0 Å². The molecule has 0 saturated heterocycles. The minimum absolute atomic E-state index is 0.228. The fourth-order valence-corrected chi connectivity index (χ4v) is 2.90. The van der Waals surface area contributed by atoms with Crippen molar-refractivity contribution >= 4 is 35.1 Å². The minimum atomic E-state index is -0.228. The van der Waals surface area contributed by atoms with Crippen molar-refractivity contribution in [2.75, 3.05) is 23.4 Å². The molecule has 3 rings (SSSR count). The van der Waals surface area contributed by atoms with Crippen LogP contribution >= 0.6 is 11.6 Å². The first-order valence-electron chi connectivity index (χ1n) is 9.44. The first-order chi connectivity index (χ1) is 14.2. The first-order valence-corrected chi connectivity index (χ1v) is 9.82. The summed E-state index contributed by atoms with van der Waals surface area (Å²) in [5.74, 6) is 0.772. The third-order valence-electron chi connectivity index (χ3n) is 4.20. The zero-order valence-electron chi connectivity index (χ0n) is 16.2. The number of hydrogen-bond donors (Lipinski definition) is 1. The molecule has 3 aromatic carbocycles. The Morgan fingerprint density at radius 3 is 2.34 bits per heavy atom. The number of ether oxygens (including phenoxy) is 1. The van der Waals surface area contributed by atoms with E-state index < -0.39 is 0 Å². The van der Waals surface area contributed by atoms with E-state index in [1.165, 1.54) is 0 Å². The van der Waals surface area contributed by atoms with Crippen LogP contribution in [0.2, 0.25) is 5.02 Å². The van der Waals surface area contributed by atoms with Gasteiger partial charge in [-0.05, 0) is 61.0 Å². The maximum absolute atomic E-state index is 13.0. The number of carbonyl (C=O) groups is 1. The van der Waals surface area contributed by atoms with Crippen LogP contribution in [0.15, 0.2) is 84.9 Å². The Morgan fingerprint density at radius 2 is 1.69 bits per heavy atom. The molecular weight excluding hydrogens is 384 g/mol. The minimum Gasteiger partial charge on any atom is -0.494 e. The second kappa shape index (κ2) is 10.3. The van der Waals surface area contributed by atoms with E-state index in [1.54, 1.807) is 29.2 Å². The summed E-state index contributed by atoms with van der Waals surface area (Å²) in [5.41, 5.74) is 2.54. The third-order valence-corrected chi connectivity index (χ3v) is 4.45. The van der Waals surface area contributed by atoms with E-state index in [2.05, 4.69) is 5.32 Å². The van der Waals surface area contributed by atoms with Crippen LogP contribution in [0, 0.1) is 0 Å². The van der Waals surface area contributed by atoms with Gasteiger partial charge in [0.05, 0.1) is 6.61 Å². The van der Waals surface area contributed by atoms with Gasteiger partial charge >= 0.3 is 6.03 Å². The molecule has 3 aromatic rings. The van der Waals surface area contributed by atoms with E-state index >= 15 is 0 Å². The molecule has 0 aliphatic heterocycles. The second-order valence-corrected chi connectivity index (χ2v) is 6.72. The van der Waals surface area contributed by atoms with Crippen molar-refractivity contribution in [1.82, 2.24) is 0 Å². The second-order valence-electron chi connectivity index (χ2n) is 6.29. The lowest BCUT2D eigenvalue weighted by atomic mass is 10.2. The van der Waals surface area contributed by atoms with Crippen LogP contribution < -0.4 is 15.0 Å². The molecule has 29 heavy (non-hydrogen) atoms. The highest BCUT2D eigenvalue weighted by Crippen LogP contribution is 2.21. The SMILES string of the molecule is CCOc1ccc(N(C/C=C/c2ccccc2)C(=O)Nc2ccc(Cl)cc2)cc1. The van der Waals surface area contributed by atoms with Crippen molar-refractivity contribution in [1.29, 1.82) is 0 Å². The molecule has 0 atom stereocenters. The number of rotatable bonds is 7. The number of nitrogens with zero attached hydrogens (tertiary/aromatic N) is 1. The lowest BCUT2D eigenvalue weighted by molar-refractivity contribution is 0.257. The van der Waals surface area contributed by atoms with E-state index in [4.69, 9.17) is 16.3 Å². The van der Waals surface area contributed by atoms with Crippen LogP contribution in [0.4, 0.5) is 16.2 Å². The molecule has 0 unspecified atom stereocenters. The van der Waals surface area contributed by atoms with E-state index in [0.29, 0.717) is 23.9 Å². The van der Waals surface area contributed by atoms with E-state index in [1.807, 2.05) is 73.7 Å². The largest absolute Gasteiger partial charge is 0.494 e. The summed E-state index contributed by atoms with van der Waals surface area (Å²) in [6.45, 7) is 2.95. The van der Waals surface area contributed by atoms with Gasteiger partial charge in [0, 0.05) is 22.9 Å². The number of benzene rings is 3. The quantitative estimate of drug-likeness (QED) is 0.487. The highest BCUT2D eigenvalue weighted by molar-refractivity contribution is 6.30. The van der Waals surface area contributed by atoms with Gasteiger partial charge in [-0.1, -0.05) is 54.1 Å². The highest BCUT2D eigenvalue weighted by atomic mass is 35.5. The normalized spacial score (nSPS) is 10.7. The summed E-state index contributed by atoms with van der Waals surface area (Å²) in [6.07, 6.45) is 3.96. The van der Waals surface area contributed by atoms with Gasteiger partial charge in [-0.15, -0.1) is 0 Å². The number of urea groups is 1. The monoisotopic (exact) mass is 406 g/mol. The Bertz CT molecular complexity index is 939. The molecule has 0 saturated carbocycles. The molecule has 148 valence electrons. The molecule has 0 aliphatic rings. The maximum Gasteiger partial charge on any atom is 0.326 e. The molecule has 0 aromatic heterocycles. The summed E-state index contributed by atoms with van der Waals surface area (Å²) in [7, 11) is 0. The summed E-state index contributed by atoms with van der Waals surface area (Å²) >= 11 is 5.93. The third kappa shape index (κ3) is 6.13. The summed E-state index contributed by atoms with van der Waals surface area (Å²) in [6, 6.07) is 24.3. The molecule has 0 radical (unpaired) electrons. The average molecular weight is 407 g/mol. The lowest BCUT2D eigenvalue weighted by Gasteiger charge is -2.22. The van der Waals surface area contributed by atoms with Crippen molar-refractivity contribution in [3.05, 3.63) is 95.5 Å². The van der Waals surface area contributed by atoms with Crippen LogP contribution in [-0.2, 0) is 0 Å². The Hall–Kier alpha value is -3.24. The molecule has 0 fully saturated rings. The Morgan fingerprint density at radius 1 is 1.00 bits per heavy atom. The smallest absolute Gasteiger partial charge is 0.326 e. The van der Waals surface area contributed by atoms with Crippen LogP contribution in [0.1, 0.15) is 12.5 Å². The standard InChI is InChI=1S/C24H23ClN2O2/c1-2-29-23-16-14-22(15-17-23)27(18-6-9-19-7-4-3-5-8-19)24(28)26-21-12-10-20(25)11-13-21/h3-17H,2,18H2,1H3,(H,26,28)/b9-6+. The van der Waals surface area contributed by atoms with Gasteiger partial charge in [0.1, 0.15) is 5.75 Å². The first kappa shape index (κ1) is 20.5. The molecule has 5 heteroatoms. The molecule has 0 bridgehead atoms. The Balaban J connectivity index is 1.78. The summed E-state index contributed by atoms with van der Waals surface area (Å²) < 4.78 is 5.50. The maximum atomic E-state index is 13.0. The zero-order valence-corrected chi connectivity index (χ0v) is 17.0. The topological polar surface area (TPSA) is 41.6 Å². The molecule has 1 N–H and O–H groups in total. The summed E-state index contributed by atoms with van der Waals surface area (Å²) in [5, 5.41) is 3.54. The predicted molar refractivity (Wildman–Crippen MR) is 121 cm³/mol. The van der Waals surface area contributed by atoms with Gasteiger partial charge in [-0.2, -0.15) is 0 Å². The van der Waals surface area contributed by atoms with Gasteiger partial charge in [0.15, 0.2) is 0 Å². The van der Waals surface area contributed by atoms with Gasteiger partial charge in [-0.3, -0.25) is 4.90 Å². The fourth-order valence-electron chi connectivity index (χ4n) is 2.78. The number of carbonyl (C=O) groups excluding carboxylic acids is 1. The molecular formula is C24H23ClN2O2. The van der Waals surface area contributed by atoms with Gasteiger partial charge in [-0.25, -0.2) is 4.79 Å². The Kier molecular flexibility index (Phi) is 7.31. The molecule has 0 heterocycles. The van der Waals surface area contributed by atoms with E-state index in [9.17, 15) is 4.79 Å². The molecule has 0 aliphatic carbocycles. The lowest BCUT2D eigenvalue weighted by Crippen LogP contribution is -2.35.